The molecule has 2 aromatic rings. The number of carbonyl (C=O) groups is 2. The van der Waals surface area contributed by atoms with E-state index in [2.05, 4.69) is 5.32 Å². The molecule has 0 aliphatic carbocycles. The second-order valence-corrected chi connectivity index (χ2v) is 4.40. The Bertz CT molecular complexity index is 655. The number of phenols is 1. The zero-order valence-electron chi connectivity index (χ0n) is 10.5. The smallest absolute Gasteiger partial charge is 0.261 e. The van der Waals surface area contributed by atoms with E-state index in [1.54, 1.807) is 36.4 Å². The van der Waals surface area contributed by atoms with Crippen molar-refractivity contribution in [2.24, 2.45) is 0 Å². The molecule has 0 atom stereocenters. The van der Waals surface area contributed by atoms with Crippen molar-refractivity contribution in [3.63, 3.8) is 0 Å². The van der Waals surface area contributed by atoms with Crippen LogP contribution in [0.4, 0.5) is 0 Å². The molecular formula is C15H12ClNO3. The van der Waals surface area contributed by atoms with Gasteiger partial charge in [0.1, 0.15) is 5.75 Å². The van der Waals surface area contributed by atoms with Crippen molar-refractivity contribution in [3.05, 3.63) is 65.2 Å². The van der Waals surface area contributed by atoms with Crippen molar-refractivity contribution >= 4 is 23.4 Å². The number of alkyl halides is 1. The van der Waals surface area contributed by atoms with E-state index >= 15 is 0 Å². The summed E-state index contributed by atoms with van der Waals surface area (Å²) >= 11 is 5.69. The standard InChI is InChI=1S/C15H12ClNO3/c16-9-10-4-3-5-11(8-10)14(19)17-15(20)12-6-1-2-7-13(12)18/h1-8,18H,9H2,(H,17,19,20). The molecule has 0 saturated carbocycles. The maximum absolute atomic E-state index is 12.0. The van der Waals surface area contributed by atoms with Crippen LogP contribution in [-0.4, -0.2) is 16.9 Å². The highest BCUT2D eigenvalue weighted by Crippen LogP contribution is 2.15. The summed E-state index contributed by atoms with van der Waals surface area (Å²) in [6, 6.07) is 12.7. The summed E-state index contributed by atoms with van der Waals surface area (Å²) in [6.07, 6.45) is 0. The normalized spacial score (nSPS) is 10.1. The van der Waals surface area contributed by atoms with Gasteiger partial charge < -0.3 is 5.11 Å². The van der Waals surface area contributed by atoms with E-state index in [9.17, 15) is 14.7 Å². The molecule has 0 bridgehead atoms. The number of carbonyl (C=O) groups excluding carboxylic acids is 2. The number of halogens is 1. The van der Waals surface area contributed by atoms with Crippen LogP contribution in [0.3, 0.4) is 0 Å². The molecule has 0 radical (unpaired) electrons. The van der Waals surface area contributed by atoms with E-state index in [4.69, 9.17) is 11.6 Å². The minimum Gasteiger partial charge on any atom is -0.507 e. The van der Waals surface area contributed by atoms with Crippen molar-refractivity contribution < 1.29 is 14.7 Å². The topological polar surface area (TPSA) is 66.4 Å². The first-order chi connectivity index (χ1) is 9.61. The molecule has 2 rings (SSSR count). The van der Waals surface area contributed by atoms with Crippen molar-refractivity contribution in [1.29, 1.82) is 0 Å². The predicted octanol–water partition coefficient (Wildman–Crippen LogP) is 2.70. The van der Waals surface area contributed by atoms with Crippen LogP contribution >= 0.6 is 11.6 Å². The van der Waals surface area contributed by atoms with Crippen LogP contribution in [0.25, 0.3) is 0 Å². The molecule has 5 heteroatoms. The Morgan fingerprint density at radius 3 is 2.50 bits per heavy atom. The van der Waals surface area contributed by atoms with Crippen LogP contribution in [0.15, 0.2) is 48.5 Å². The van der Waals surface area contributed by atoms with Gasteiger partial charge in [0.05, 0.1) is 5.56 Å². The zero-order valence-corrected chi connectivity index (χ0v) is 11.2. The van der Waals surface area contributed by atoms with Gasteiger partial charge in [-0.1, -0.05) is 24.3 Å². The van der Waals surface area contributed by atoms with E-state index in [1.165, 1.54) is 12.1 Å². The number of amides is 2. The second-order valence-electron chi connectivity index (χ2n) is 4.13. The lowest BCUT2D eigenvalue weighted by Gasteiger charge is -2.06. The maximum Gasteiger partial charge on any atom is 0.261 e. The molecule has 20 heavy (non-hydrogen) atoms. The molecule has 4 nitrogen and oxygen atoms in total. The van der Waals surface area contributed by atoms with Gasteiger partial charge in [-0.2, -0.15) is 0 Å². The lowest BCUT2D eigenvalue weighted by molar-refractivity contribution is 0.0848. The Morgan fingerprint density at radius 1 is 1.05 bits per heavy atom. The van der Waals surface area contributed by atoms with Crippen LogP contribution in [0.1, 0.15) is 26.3 Å². The van der Waals surface area contributed by atoms with Gasteiger partial charge >= 0.3 is 0 Å². The van der Waals surface area contributed by atoms with Crippen LogP contribution in [0.2, 0.25) is 0 Å². The number of aromatic hydroxyl groups is 1. The number of nitrogens with one attached hydrogen (secondary N) is 1. The molecule has 0 heterocycles. The molecule has 0 fully saturated rings. The summed E-state index contributed by atoms with van der Waals surface area (Å²) in [4.78, 5) is 23.8. The molecule has 0 aliphatic heterocycles. The summed E-state index contributed by atoms with van der Waals surface area (Å²) in [7, 11) is 0. The summed E-state index contributed by atoms with van der Waals surface area (Å²) in [6.45, 7) is 0. The highest BCUT2D eigenvalue weighted by atomic mass is 35.5. The average Bonchev–Trinajstić information content (AvgIpc) is 2.47. The fourth-order valence-corrected chi connectivity index (χ4v) is 1.87. The molecule has 2 amide bonds. The van der Waals surface area contributed by atoms with Crippen molar-refractivity contribution in [2.75, 3.05) is 0 Å². The SMILES string of the molecule is O=C(NC(=O)c1ccccc1O)c1cccc(CCl)c1. The van der Waals surface area contributed by atoms with Gasteiger partial charge in [0.25, 0.3) is 11.8 Å². The molecule has 0 aliphatic rings. The third-order valence-corrected chi connectivity index (χ3v) is 3.03. The number of rotatable bonds is 3. The maximum atomic E-state index is 12.0. The van der Waals surface area contributed by atoms with Gasteiger partial charge in [0.2, 0.25) is 0 Å². The molecule has 0 unspecified atom stereocenters. The van der Waals surface area contributed by atoms with Gasteiger partial charge in [-0.25, -0.2) is 0 Å². The first-order valence-electron chi connectivity index (χ1n) is 5.90. The lowest BCUT2D eigenvalue weighted by atomic mass is 10.1. The van der Waals surface area contributed by atoms with E-state index in [0.29, 0.717) is 5.56 Å². The number of para-hydroxylation sites is 1. The fraction of sp³-hybridized carbons (Fsp3) is 0.0667. The predicted molar refractivity (Wildman–Crippen MR) is 75.9 cm³/mol. The highest BCUT2D eigenvalue weighted by molar-refractivity contribution is 6.17. The number of phenolic OH excluding ortho intramolecular Hbond substituents is 1. The number of benzene rings is 2. The first-order valence-corrected chi connectivity index (χ1v) is 6.44. The molecule has 0 aromatic heterocycles. The van der Waals surface area contributed by atoms with Gasteiger partial charge in [0.15, 0.2) is 0 Å². The Morgan fingerprint density at radius 2 is 1.80 bits per heavy atom. The molecule has 0 spiro atoms. The fourth-order valence-electron chi connectivity index (χ4n) is 1.70. The monoisotopic (exact) mass is 289 g/mol. The third-order valence-electron chi connectivity index (χ3n) is 2.72. The highest BCUT2D eigenvalue weighted by Gasteiger charge is 2.15. The second kappa shape index (κ2) is 6.21. The van der Waals surface area contributed by atoms with E-state index in [-0.39, 0.29) is 17.2 Å². The van der Waals surface area contributed by atoms with E-state index in [0.717, 1.165) is 5.56 Å². The minimum absolute atomic E-state index is 0.0503. The minimum atomic E-state index is -0.649. The number of hydrogen-bond donors (Lipinski definition) is 2. The number of hydrogen-bond acceptors (Lipinski definition) is 3. The third kappa shape index (κ3) is 3.16. The van der Waals surface area contributed by atoms with Gasteiger partial charge in [0, 0.05) is 11.4 Å². The summed E-state index contributed by atoms with van der Waals surface area (Å²) in [5.74, 6) is -1.07. The Kier molecular flexibility index (Phi) is 4.38. The largest absolute Gasteiger partial charge is 0.507 e. The van der Waals surface area contributed by atoms with Crippen LogP contribution in [-0.2, 0) is 5.88 Å². The molecular weight excluding hydrogens is 278 g/mol. The van der Waals surface area contributed by atoms with Crippen LogP contribution in [0.5, 0.6) is 5.75 Å². The Balaban J connectivity index is 2.15. The van der Waals surface area contributed by atoms with Gasteiger partial charge in [-0.05, 0) is 29.8 Å². The molecule has 2 N–H and O–H groups in total. The van der Waals surface area contributed by atoms with Crippen molar-refractivity contribution in [1.82, 2.24) is 5.32 Å². The molecule has 2 aromatic carbocycles. The Labute approximate surface area is 121 Å². The lowest BCUT2D eigenvalue weighted by Crippen LogP contribution is -2.30. The van der Waals surface area contributed by atoms with E-state index < -0.39 is 11.8 Å². The van der Waals surface area contributed by atoms with Crippen LogP contribution < -0.4 is 5.32 Å². The summed E-state index contributed by atoms with van der Waals surface area (Å²) in [5.41, 5.74) is 1.18. The van der Waals surface area contributed by atoms with Gasteiger partial charge in [-0.3, -0.25) is 14.9 Å². The van der Waals surface area contributed by atoms with Crippen molar-refractivity contribution in [2.45, 2.75) is 5.88 Å². The van der Waals surface area contributed by atoms with Gasteiger partial charge in [-0.15, -0.1) is 11.6 Å². The molecule has 102 valence electrons. The number of imide groups is 1. The Hall–Kier alpha value is -2.33. The summed E-state index contributed by atoms with van der Waals surface area (Å²) < 4.78 is 0. The zero-order chi connectivity index (χ0) is 14.5. The summed E-state index contributed by atoms with van der Waals surface area (Å²) in [5, 5.41) is 11.8. The quantitative estimate of drug-likeness (QED) is 0.674. The average molecular weight is 290 g/mol. The first kappa shape index (κ1) is 14.1. The van der Waals surface area contributed by atoms with Crippen molar-refractivity contribution in [3.8, 4) is 5.75 Å². The van der Waals surface area contributed by atoms with E-state index in [1.807, 2.05) is 0 Å². The molecule has 0 saturated heterocycles. The van der Waals surface area contributed by atoms with Crippen LogP contribution in [0, 0.1) is 0 Å².